The third kappa shape index (κ3) is 3.10. The Morgan fingerprint density at radius 1 is 1.07 bits per heavy atom. The molecule has 0 bridgehead atoms. The number of H-pyrrole nitrogens is 1. The van der Waals surface area contributed by atoms with Gasteiger partial charge in [0, 0.05) is 35.6 Å². The lowest BCUT2D eigenvalue weighted by atomic mass is 10.1. The van der Waals surface area contributed by atoms with Crippen LogP contribution in [0.25, 0.3) is 21.7 Å². The zero-order chi connectivity index (χ0) is 18.8. The number of aromatic amines is 1. The molecule has 0 aliphatic carbocycles. The van der Waals surface area contributed by atoms with Gasteiger partial charge < -0.3 is 10.3 Å². The lowest BCUT2D eigenvalue weighted by Crippen LogP contribution is -2.31. The van der Waals surface area contributed by atoms with E-state index in [0.29, 0.717) is 30.3 Å². The van der Waals surface area contributed by atoms with E-state index >= 15 is 0 Å². The van der Waals surface area contributed by atoms with Crippen LogP contribution in [0.4, 0.5) is 0 Å². The number of fused-ring (bicyclic) bond motifs is 2. The Balaban J connectivity index is 1.56. The van der Waals surface area contributed by atoms with E-state index in [-0.39, 0.29) is 17.2 Å². The smallest absolute Gasteiger partial charge is 0.274 e. The topological polar surface area (TPSA) is 79.8 Å². The second kappa shape index (κ2) is 7.07. The molecule has 0 fully saturated rings. The number of aromatic nitrogens is 3. The van der Waals surface area contributed by atoms with Crippen LogP contribution in [0.3, 0.4) is 0 Å². The Labute approximate surface area is 155 Å². The van der Waals surface area contributed by atoms with E-state index in [1.54, 1.807) is 18.2 Å². The summed E-state index contributed by atoms with van der Waals surface area (Å²) in [6.07, 6.45) is 2.68. The summed E-state index contributed by atoms with van der Waals surface area (Å²) < 4.78 is 1.33. The Kier molecular flexibility index (Phi) is 4.46. The largest absolute Gasteiger partial charge is 0.361 e. The van der Waals surface area contributed by atoms with E-state index in [9.17, 15) is 9.59 Å². The highest BCUT2D eigenvalue weighted by Crippen LogP contribution is 2.18. The molecule has 2 aromatic heterocycles. The molecule has 136 valence electrons. The minimum Gasteiger partial charge on any atom is -0.361 e. The number of nitrogens with one attached hydrogen (secondary N) is 2. The molecule has 0 aliphatic heterocycles. The van der Waals surface area contributed by atoms with Crippen LogP contribution in [0.15, 0.2) is 59.5 Å². The van der Waals surface area contributed by atoms with Gasteiger partial charge in [-0.3, -0.25) is 9.59 Å². The van der Waals surface area contributed by atoms with Crippen molar-refractivity contribution in [2.45, 2.75) is 19.9 Å². The third-order valence-electron chi connectivity index (χ3n) is 4.74. The standard InChI is InChI=1S/C21H20N4O2/c1-2-25-21(27)17-9-4-3-8-16(17)19(24-25)20(26)22-12-11-14-13-23-18-10-6-5-7-15(14)18/h3-10,13,23H,2,11-12H2,1H3,(H,22,26). The van der Waals surface area contributed by atoms with Gasteiger partial charge in [0.1, 0.15) is 0 Å². The molecule has 4 rings (SSSR count). The number of rotatable bonds is 5. The summed E-state index contributed by atoms with van der Waals surface area (Å²) in [5.74, 6) is -0.270. The van der Waals surface area contributed by atoms with Crippen molar-refractivity contribution in [1.29, 1.82) is 0 Å². The summed E-state index contributed by atoms with van der Waals surface area (Å²) in [6, 6.07) is 15.2. The number of para-hydroxylation sites is 1. The molecule has 0 spiro atoms. The van der Waals surface area contributed by atoms with Crippen molar-refractivity contribution in [2.24, 2.45) is 0 Å². The van der Waals surface area contributed by atoms with Gasteiger partial charge in [0.15, 0.2) is 5.69 Å². The number of aryl methyl sites for hydroxylation is 1. The van der Waals surface area contributed by atoms with E-state index < -0.39 is 0 Å². The first-order chi connectivity index (χ1) is 13.2. The number of carbonyl (C=O) groups is 1. The normalized spacial score (nSPS) is 11.1. The van der Waals surface area contributed by atoms with E-state index in [1.807, 2.05) is 37.4 Å². The number of nitrogens with zero attached hydrogens (tertiary/aromatic N) is 2. The summed E-state index contributed by atoms with van der Waals surface area (Å²) in [5, 5.41) is 9.46. The summed E-state index contributed by atoms with van der Waals surface area (Å²) in [7, 11) is 0. The van der Waals surface area contributed by atoms with E-state index in [1.165, 1.54) is 4.68 Å². The van der Waals surface area contributed by atoms with Crippen molar-refractivity contribution in [3.63, 3.8) is 0 Å². The lowest BCUT2D eigenvalue weighted by molar-refractivity contribution is 0.0948. The predicted octanol–water partition coefficient (Wildman–Crippen LogP) is 2.87. The second-order valence-electron chi connectivity index (χ2n) is 6.38. The zero-order valence-electron chi connectivity index (χ0n) is 15.0. The molecule has 6 nitrogen and oxygen atoms in total. The molecular formula is C21H20N4O2. The van der Waals surface area contributed by atoms with Gasteiger partial charge in [-0.05, 0) is 31.0 Å². The summed E-state index contributed by atoms with van der Waals surface area (Å²) >= 11 is 0. The van der Waals surface area contributed by atoms with E-state index in [2.05, 4.69) is 21.5 Å². The Morgan fingerprint density at radius 2 is 1.78 bits per heavy atom. The van der Waals surface area contributed by atoms with Gasteiger partial charge in [0.2, 0.25) is 0 Å². The molecule has 0 radical (unpaired) electrons. The Morgan fingerprint density at radius 3 is 2.56 bits per heavy atom. The van der Waals surface area contributed by atoms with Crippen LogP contribution in [0.5, 0.6) is 0 Å². The van der Waals surface area contributed by atoms with Gasteiger partial charge in [-0.1, -0.05) is 36.4 Å². The first kappa shape index (κ1) is 17.0. The van der Waals surface area contributed by atoms with Crippen molar-refractivity contribution < 1.29 is 4.79 Å². The number of amides is 1. The molecular weight excluding hydrogens is 340 g/mol. The molecule has 1 amide bonds. The van der Waals surface area contributed by atoms with Gasteiger partial charge in [-0.15, -0.1) is 0 Å². The van der Waals surface area contributed by atoms with Crippen molar-refractivity contribution in [1.82, 2.24) is 20.1 Å². The molecule has 27 heavy (non-hydrogen) atoms. The highest BCUT2D eigenvalue weighted by Gasteiger charge is 2.16. The lowest BCUT2D eigenvalue weighted by Gasteiger charge is -2.10. The van der Waals surface area contributed by atoms with E-state index in [4.69, 9.17) is 0 Å². The van der Waals surface area contributed by atoms with Crippen molar-refractivity contribution in [3.8, 4) is 0 Å². The monoisotopic (exact) mass is 360 g/mol. The number of benzene rings is 2. The van der Waals surface area contributed by atoms with Crippen LogP contribution in [-0.4, -0.2) is 27.2 Å². The van der Waals surface area contributed by atoms with Crippen LogP contribution < -0.4 is 10.9 Å². The van der Waals surface area contributed by atoms with Gasteiger partial charge in [0.05, 0.1) is 5.39 Å². The fraction of sp³-hybridized carbons (Fsp3) is 0.190. The first-order valence-corrected chi connectivity index (χ1v) is 9.02. The van der Waals surface area contributed by atoms with E-state index in [0.717, 1.165) is 16.5 Å². The molecule has 0 saturated heterocycles. The van der Waals surface area contributed by atoms with Crippen molar-refractivity contribution in [2.75, 3.05) is 6.54 Å². The van der Waals surface area contributed by atoms with Crippen LogP contribution >= 0.6 is 0 Å². The van der Waals surface area contributed by atoms with Crippen LogP contribution in [-0.2, 0) is 13.0 Å². The maximum Gasteiger partial charge on any atom is 0.274 e. The average molecular weight is 360 g/mol. The van der Waals surface area contributed by atoms with Gasteiger partial charge in [-0.2, -0.15) is 5.10 Å². The SMILES string of the molecule is CCn1nc(C(=O)NCCc2c[nH]c3ccccc23)c2ccccc2c1=O. The molecule has 0 atom stereocenters. The molecule has 0 saturated carbocycles. The first-order valence-electron chi connectivity index (χ1n) is 9.02. The summed E-state index contributed by atoms with van der Waals surface area (Å²) in [5.41, 5.74) is 2.35. The van der Waals surface area contributed by atoms with Crippen LogP contribution in [0.1, 0.15) is 23.0 Å². The quantitative estimate of drug-likeness (QED) is 0.574. The molecule has 0 unspecified atom stereocenters. The maximum absolute atomic E-state index is 12.7. The highest BCUT2D eigenvalue weighted by atomic mass is 16.2. The fourth-order valence-corrected chi connectivity index (χ4v) is 3.35. The van der Waals surface area contributed by atoms with Crippen LogP contribution in [0, 0.1) is 0 Å². The molecule has 2 aromatic carbocycles. The van der Waals surface area contributed by atoms with Crippen molar-refractivity contribution >= 4 is 27.6 Å². The zero-order valence-corrected chi connectivity index (χ0v) is 15.0. The number of hydrogen-bond donors (Lipinski definition) is 2. The highest BCUT2D eigenvalue weighted by molar-refractivity contribution is 6.04. The molecule has 4 aromatic rings. The third-order valence-corrected chi connectivity index (χ3v) is 4.74. The van der Waals surface area contributed by atoms with Gasteiger partial charge >= 0.3 is 0 Å². The van der Waals surface area contributed by atoms with Gasteiger partial charge in [-0.25, -0.2) is 4.68 Å². The summed E-state index contributed by atoms with van der Waals surface area (Å²) in [6.45, 7) is 2.74. The molecule has 6 heteroatoms. The predicted molar refractivity (Wildman–Crippen MR) is 106 cm³/mol. The van der Waals surface area contributed by atoms with Crippen molar-refractivity contribution in [3.05, 3.63) is 76.3 Å². The molecule has 2 N–H and O–H groups in total. The molecule has 0 aliphatic rings. The number of carbonyl (C=O) groups excluding carboxylic acids is 1. The van der Waals surface area contributed by atoms with Crippen LogP contribution in [0.2, 0.25) is 0 Å². The minimum absolute atomic E-state index is 0.177. The second-order valence-corrected chi connectivity index (χ2v) is 6.38. The minimum atomic E-state index is -0.270. The Bertz CT molecular complexity index is 1190. The molecule has 2 heterocycles. The Hall–Kier alpha value is -3.41. The fourth-order valence-electron chi connectivity index (χ4n) is 3.35. The number of hydrogen-bond acceptors (Lipinski definition) is 3. The summed E-state index contributed by atoms with van der Waals surface area (Å²) in [4.78, 5) is 28.4. The average Bonchev–Trinajstić information content (AvgIpc) is 3.12. The maximum atomic E-state index is 12.7. The van der Waals surface area contributed by atoms with Gasteiger partial charge in [0.25, 0.3) is 11.5 Å².